The molecule has 162 valence electrons. The average Bonchev–Trinajstić information content (AvgIpc) is 3.05. The van der Waals surface area contributed by atoms with Crippen LogP contribution in [-0.2, 0) is 21.4 Å². The lowest BCUT2D eigenvalue weighted by molar-refractivity contribution is -0.117. The van der Waals surface area contributed by atoms with E-state index in [9.17, 15) is 13.2 Å². The lowest BCUT2D eigenvalue weighted by Crippen LogP contribution is -2.32. The van der Waals surface area contributed by atoms with Gasteiger partial charge in [-0.05, 0) is 36.3 Å². The second-order valence-electron chi connectivity index (χ2n) is 7.40. The number of carbonyl (C=O) groups excluding carboxylic acids is 1. The van der Waals surface area contributed by atoms with Crippen LogP contribution in [0.3, 0.4) is 0 Å². The lowest BCUT2D eigenvalue weighted by atomic mass is 10.2. The van der Waals surface area contributed by atoms with Crippen LogP contribution in [0.25, 0.3) is 11.4 Å². The van der Waals surface area contributed by atoms with Crippen molar-refractivity contribution >= 4 is 21.6 Å². The second-order valence-corrected chi connectivity index (χ2v) is 9.34. The van der Waals surface area contributed by atoms with Gasteiger partial charge in [-0.15, -0.1) is 10.2 Å². The fraction of sp³-hybridized carbons (Fsp3) is 0.333. The number of anilines is 1. The standard InChI is InChI=1S/C21H24N6O3S/c28-20(16-27-24-21(23-25-27)17-9-4-3-5-10-17)22-18-11-8-12-19(15-18)31(29,30)26-13-6-1-2-7-14-26/h3-5,8-12,15H,1-2,6-7,13-14,16H2,(H,22,28). The number of benzene rings is 2. The Morgan fingerprint density at radius 1 is 0.968 bits per heavy atom. The highest BCUT2D eigenvalue weighted by atomic mass is 32.2. The third-order valence-electron chi connectivity index (χ3n) is 5.09. The van der Waals surface area contributed by atoms with Crippen LogP contribution in [0.1, 0.15) is 25.7 Å². The molecule has 2 aromatic carbocycles. The van der Waals surface area contributed by atoms with Crippen molar-refractivity contribution < 1.29 is 13.2 Å². The van der Waals surface area contributed by atoms with Crippen LogP contribution in [0, 0.1) is 0 Å². The molecule has 1 N–H and O–H groups in total. The van der Waals surface area contributed by atoms with Crippen LogP contribution in [0.2, 0.25) is 0 Å². The number of sulfonamides is 1. The van der Waals surface area contributed by atoms with Crippen LogP contribution < -0.4 is 5.32 Å². The fourth-order valence-electron chi connectivity index (χ4n) is 3.51. The van der Waals surface area contributed by atoms with Gasteiger partial charge in [0.2, 0.25) is 21.8 Å². The molecule has 1 fully saturated rings. The molecule has 0 saturated carbocycles. The Kier molecular flexibility index (Phi) is 6.38. The van der Waals surface area contributed by atoms with E-state index in [1.807, 2.05) is 30.3 Å². The largest absolute Gasteiger partial charge is 0.324 e. The van der Waals surface area contributed by atoms with Crippen molar-refractivity contribution in [1.82, 2.24) is 24.5 Å². The normalized spacial score (nSPS) is 15.4. The summed E-state index contributed by atoms with van der Waals surface area (Å²) < 4.78 is 27.5. The highest BCUT2D eigenvalue weighted by molar-refractivity contribution is 7.89. The van der Waals surface area contributed by atoms with Crippen LogP contribution in [0.4, 0.5) is 5.69 Å². The van der Waals surface area contributed by atoms with E-state index in [0.717, 1.165) is 31.2 Å². The quantitative estimate of drug-likeness (QED) is 0.631. The molecule has 1 amide bonds. The molecule has 0 unspecified atom stereocenters. The maximum absolute atomic E-state index is 13.0. The molecule has 1 aliphatic heterocycles. The number of nitrogens with one attached hydrogen (secondary N) is 1. The van der Waals surface area contributed by atoms with Gasteiger partial charge in [-0.1, -0.05) is 49.2 Å². The zero-order valence-electron chi connectivity index (χ0n) is 17.0. The van der Waals surface area contributed by atoms with Crippen molar-refractivity contribution in [3.05, 3.63) is 54.6 Å². The van der Waals surface area contributed by atoms with Crippen molar-refractivity contribution in [2.24, 2.45) is 0 Å². The molecule has 4 rings (SSSR count). The number of amides is 1. The molecule has 9 nitrogen and oxygen atoms in total. The third kappa shape index (κ3) is 5.15. The minimum Gasteiger partial charge on any atom is -0.324 e. The Morgan fingerprint density at radius 3 is 2.45 bits per heavy atom. The first-order valence-corrected chi connectivity index (χ1v) is 11.7. The van der Waals surface area contributed by atoms with Crippen molar-refractivity contribution in [3.8, 4) is 11.4 Å². The molecule has 0 bridgehead atoms. The van der Waals surface area contributed by atoms with Gasteiger partial charge in [0, 0.05) is 24.3 Å². The second kappa shape index (κ2) is 9.36. The number of tetrazole rings is 1. The molecule has 1 saturated heterocycles. The molecule has 1 aliphatic rings. The summed E-state index contributed by atoms with van der Waals surface area (Å²) in [6.45, 7) is 0.921. The first-order valence-electron chi connectivity index (χ1n) is 10.3. The number of aromatic nitrogens is 4. The van der Waals surface area contributed by atoms with Crippen molar-refractivity contribution in [1.29, 1.82) is 0 Å². The van der Waals surface area contributed by atoms with E-state index in [1.54, 1.807) is 18.2 Å². The van der Waals surface area contributed by atoms with Crippen LogP contribution in [0.15, 0.2) is 59.5 Å². The summed E-state index contributed by atoms with van der Waals surface area (Å²) in [6.07, 6.45) is 3.83. The zero-order chi connectivity index (χ0) is 21.7. The minimum atomic E-state index is -3.59. The van der Waals surface area contributed by atoms with Gasteiger partial charge >= 0.3 is 0 Å². The third-order valence-corrected chi connectivity index (χ3v) is 6.99. The van der Waals surface area contributed by atoms with Crippen LogP contribution >= 0.6 is 0 Å². The van der Waals surface area contributed by atoms with Gasteiger partial charge in [0.15, 0.2) is 0 Å². The molecule has 3 aromatic rings. The number of carbonyl (C=O) groups is 1. The van der Waals surface area contributed by atoms with Gasteiger partial charge in [0.05, 0.1) is 4.90 Å². The highest BCUT2D eigenvalue weighted by Gasteiger charge is 2.25. The van der Waals surface area contributed by atoms with Crippen molar-refractivity contribution in [2.75, 3.05) is 18.4 Å². The number of rotatable bonds is 6. The van der Waals surface area contributed by atoms with E-state index < -0.39 is 10.0 Å². The maximum atomic E-state index is 13.0. The number of nitrogens with zero attached hydrogens (tertiary/aromatic N) is 5. The summed E-state index contributed by atoms with van der Waals surface area (Å²) in [5.41, 5.74) is 1.21. The molecule has 10 heteroatoms. The Labute approximate surface area is 181 Å². The van der Waals surface area contributed by atoms with E-state index >= 15 is 0 Å². The van der Waals surface area contributed by atoms with Crippen LogP contribution in [-0.4, -0.2) is 51.9 Å². The Bertz CT molecular complexity index is 1140. The van der Waals surface area contributed by atoms with E-state index in [2.05, 4.69) is 20.7 Å². The van der Waals surface area contributed by atoms with Gasteiger partial charge in [-0.25, -0.2) is 8.42 Å². The van der Waals surface area contributed by atoms with Gasteiger partial charge < -0.3 is 5.32 Å². The summed E-state index contributed by atoms with van der Waals surface area (Å²) in [6, 6.07) is 15.7. The Morgan fingerprint density at radius 2 is 1.71 bits per heavy atom. The van der Waals surface area contributed by atoms with E-state index in [0.29, 0.717) is 24.6 Å². The van der Waals surface area contributed by atoms with E-state index in [-0.39, 0.29) is 17.3 Å². The first-order chi connectivity index (χ1) is 15.0. The van der Waals surface area contributed by atoms with Gasteiger partial charge in [-0.2, -0.15) is 9.10 Å². The van der Waals surface area contributed by atoms with Crippen molar-refractivity contribution in [3.63, 3.8) is 0 Å². The molecular weight excluding hydrogens is 416 g/mol. The SMILES string of the molecule is O=C(Cn1nnc(-c2ccccc2)n1)Nc1cccc(S(=O)(=O)N2CCCCCC2)c1. The minimum absolute atomic E-state index is 0.136. The summed E-state index contributed by atoms with van der Waals surface area (Å²) in [5, 5.41) is 14.8. The molecule has 0 radical (unpaired) electrons. The smallest absolute Gasteiger partial charge is 0.248 e. The molecule has 0 spiro atoms. The molecule has 0 atom stereocenters. The first kappa shape index (κ1) is 21.1. The molecule has 2 heterocycles. The Hall–Kier alpha value is -3.11. The summed E-state index contributed by atoms with van der Waals surface area (Å²) in [4.78, 5) is 13.8. The van der Waals surface area contributed by atoms with Crippen molar-refractivity contribution in [2.45, 2.75) is 37.1 Å². The molecule has 1 aromatic heterocycles. The summed E-state index contributed by atoms with van der Waals surface area (Å²) in [7, 11) is -3.59. The molecular formula is C21H24N6O3S. The zero-order valence-corrected chi connectivity index (χ0v) is 17.8. The van der Waals surface area contributed by atoms with Gasteiger partial charge in [0.1, 0.15) is 6.54 Å². The number of hydrogen-bond donors (Lipinski definition) is 1. The Balaban J connectivity index is 1.43. The molecule has 0 aliphatic carbocycles. The van der Waals surface area contributed by atoms with E-state index in [1.165, 1.54) is 15.2 Å². The monoisotopic (exact) mass is 440 g/mol. The summed E-state index contributed by atoms with van der Waals surface area (Å²) >= 11 is 0. The van der Waals surface area contributed by atoms with Crippen LogP contribution in [0.5, 0.6) is 0 Å². The van der Waals surface area contributed by atoms with Gasteiger partial charge in [-0.3, -0.25) is 4.79 Å². The molecule has 31 heavy (non-hydrogen) atoms. The fourth-order valence-corrected chi connectivity index (χ4v) is 5.07. The topological polar surface area (TPSA) is 110 Å². The van der Waals surface area contributed by atoms with E-state index in [4.69, 9.17) is 0 Å². The predicted octanol–water partition coefficient (Wildman–Crippen LogP) is 2.54. The maximum Gasteiger partial charge on any atom is 0.248 e. The predicted molar refractivity (Wildman–Crippen MR) is 116 cm³/mol. The number of hydrogen-bond acceptors (Lipinski definition) is 6. The lowest BCUT2D eigenvalue weighted by Gasteiger charge is -2.20. The average molecular weight is 441 g/mol. The highest BCUT2D eigenvalue weighted by Crippen LogP contribution is 2.22. The van der Waals surface area contributed by atoms with Gasteiger partial charge in [0.25, 0.3) is 0 Å². The summed E-state index contributed by atoms with van der Waals surface area (Å²) in [5.74, 6) is 0.0558.